The van der Waals surface area contributed by atoms with Crippen molar-refractivity contribution in [2.75, 3.05) is 6.61 Å². The molecule has 1 aromatic carbocycles. The Labute approximate surface area is 168 Å². The summed E-state index contributed by atoms with van der Waals surface area (Å²) in [6, 6.07) is 3.21. The highest BCUT2D eigenvalue weighted by Gasteiger charge is 2.25. The fourth-order valence-electron chi connectivity index (χ4n) is 4.74. The molecule has 1 nitrogen and oxygen atoms in total. The second-order valence-corrected chi connectivity index (χ2v) is 8.33. The Kier molecular flexibility index (Phi) is 7.70. The van der Waals surface area contributed by atoms with Gasteiger partial charge in [-0.2, -0.15) is 4.39 Å². The molecule has 0 aliphatic heterocycles. The van der Waals surface area contributed by atoms with E-state index in [4.69, 9.17) is 4.74 Å². The van der Waals surface area contributed by atoms with Crippen LogP contribution in [0.15, 0.2) is 35.9 Å². The van der Waals surface area contributed by atoms with Crippen LogP contribution < -0.4 is 4.74 Å². The maximum atomic E-state index is 14.5. The predicted octanol–water partition coefficient (Wildman–Crippen LogP) is 7.72. The quantitative estimate of drug-likeness (QED) is 0.414. The van der Waals surface area contributed by atoms with E-state index in [0.717, 1.165) is 12.3 Å². The normalized spacial score (nSPS) is 24.9. The van der Waals surface area contributed by atoms with E-state index in [1.807, 2.05) is 0 Å². The molecule has 0 saturated heterocycles. The van der Waals surface area contributed by atoms with Crippen LogP contribution in [-0.4, -0.2) is 6.61 Å². The monoisotopic (exact) mass is 388 g/mol. The van der Waals surface area contributed by atoms with E-state index >= 15 is 0 Å². The van der Waals surface area contributed by atoms with Crippen LogP contribution in [0.3, 0.4) is 0 Å². The SMILES string of the molecule is CCCCCC1CCC(C2=CCC(c3ccc(OCC)c(F)c3F)C=C2)CC1. The molecular weight excluding hydrogens is 354 g/mol. The van der Waals surface area contributed by atoms with Crippen LogP contribution in [0.25, 0.3) is 0 Å². The molecular formula is C25H34F2O. The lowest BCUT2D eigenvalue weighted by molar-refractivity contribution is 0.283. The summed E-state index contributed by atoms with van der Waals surface area (Å²) < 4.78 is 33.8. The first-order valence-electron chi connectivity index (χ1n) is 11.1. The number of ether oxygens (including phenoxy) is 1. The lowest BCUT2D eigenvalue weighted by atomic mass is 9.75. The van der Waals surface area contributed by atoms with Gasteiger partial charge in [0.15, 0.2) is 11.6 Å². The number of allylic oxidation sites excluding steroid dienone is 4. The van der Waals surface area contributed by atoms with Gasteiger partial charge in [-0.1, -0.05) is 56.9 Å². The summed E-state index contributed by atoms with van der Waals surface area (Å²) >= 11 is 0. The molecule has 1 unspecified atom stereocenters. The first-order valence-corrected chi connectivity index (χ1v) is 11.1. The number of benzene rings is 1. The van der Waals surface area contributed by atoms with Crippen molar-refractivity contribution in [3.8, 4) is 5.75 Å². The van der Waals surface area contributed by atoms with Crippen LogP contribution in [0.4, 0.5) is 8.78 Å². The lowest BCUT2D eigenvalue weighted by Crippen LogP contribution is -2.17. The number of hydrogen-bond acceptors (Lipinski definition) is 1. The van der Waals surface area contributed by atoms with Gasteiger partial charge in [-0.05, 0) is 68.1 Å². The number of rotatable bonds is 8. The third-order valence-electron chi connectivity index (χ3n) is 6.44. The van der Waals surface area contributed by atoms with E-state index in [1.165, 1.54) is 56.9 Å². The Hall–Kier alpha value is -1.64. The zero-order chi connectivity index (χ0) is 19.9. The Morgan fingerprint density at radius 3 is 2.43 bits per heavy atom. The molecule has 0 N–H and O–H groups in total. The highest BCUT2D eigenvalue weighted by atomic mass is 19.2. The van der Waals surface area contributed by atoms with E-state index in [0.29, 0.717) is 18.1 Å². The molecule has 0 heterocycles. The van der Waals surface area contributed by atoms with E-state index in [9.17, 15) is 8.78 Å². The molecule has 1 aromatic rings. The summed E-state index contributed by atoms with van der Waals surface area (Å²) in [6.45, 7) is 4.35. The number of halogens is 2. The van der Waals surface area contributed by atoms with Gasteiger partial charge in [0.2, 0.25) is 5.82 Å². The molecule has 1 saturated carbocycles. The van der Waals surface area contributed by atoms with E-state index in [2.05, 4.69) is 25.2 Å². The van der Waals surface area contributed by atoms with Crippen molar-refractivity contribution < 1.29 is 13.5 Å². The molecule has 3 heteroatoms. The topological polar surface area (TPSA) is 9.23 Å². The molecule has 2 aliphatic rings. The van der Waals surface area contributed by atoms with Crippen molar-refractivity contribution >= 4 is 0 Å². The van der Waals surface area contributed by atoms with Gasteiger partial charge in [-0.25, -0.2) is 4.39 Å². The molecule has 1 fully saturated rings. The highest BCUT2D eigenvalue weighted by molar-refractivity contribution is 5.38. The molecule has 28 heavy (non-hydrogen) atoms. The second-order valence-electron chi connectivity index (χ2n) is 8.33. The Morgan fingerprint density at radius 1 is 1.00 bits per heavy atom. The molecule has 0 radical (unpaired) electrons. The molecule has 0 amide bonds. The average Bonchev–Trinajstić information content (AvgIpc) is 2.73. The molecule has 154 valence electrons. The first-order chi connectivity index (χ1) is 13.6. The van der Waals surface area contributed by atoms with Crippen LogP contribution in [-0.2, 0) is 0 Å². The van der Waals surface area contributed by atoms with Crippen LogP contribution in [0.5, 0.6) is 5.75 Å². The van der Waals surface area contributed by atoms with Crippen LogP contribution in [0, 0.1) is 23.5 Å². The summed E-state index contributed by atoms with van der Waals surface area (Å²) in [5, 5.41) is 0. The summed E-state index contributed by atoms with van der Waals surface area (Å²) in [5.74, 6) is -0.199. The van der Waals surface area contributed by atoms with Crippen LogP contribution in [0.2, 0.25) is 0 Å². The van der Waals surface area contributed by atoms with Crippen LogP contribution in [0.1, 0.15) is 83.1 Å². The standard InChI is InChI=1S/C25H34F2O/c1-3-5-6-7-18-8-10-19(11-9-18)20-12-14-21(15-13-20)22-16-17-23(28-4-2)25(27)24(22)26/h12-14,16-19,21H,3-11,15H2,1-2H3. The molecule has 3 rings (SSSR count). The van der Waals surface area contributed by atoms with Gasteiger partial charge >= 0.3 is 0 Å². The molecule has 2 aliphatic carbocycles. The lowest BCUT2D eigenvalue weighted by Gasteiger charge is -2.31. The minimum atomic E-state index is -0.871. The van der Waals surface area contributed by atoms with Crippen LogP contribution >= 0.6 is 0 Å². The number of hydrogen-bond donors (Lipinski definition) is 0. The fourth-order valence-corrected chi connectivity index (χ4v) is 4.74. The van der Waals surface area contributed by atoms with Gasteiger partial charge in [-0.15, -0.1) is 0 Å². The molecule has 0 spiro atoms. The van der Waals surface area contributed by atoms with Gasteiger partial charge in [-0.3, -0.25) is 0 Å². The van der Waals surface area contributed by atoms with Gasteiger partial charge in [0.05, 0.1) is 6.61 Å². The number of unbranched alkanes of at least 4 members (excludes halogenated alkanes) is 2. The minimum Gasteiger partial charge on any atom is -0.491 e. The van der Waals surface area contributed by atoms with Crippen molar-refractivity contribution in [2.45, 2.75) is 77.6 Å². The first kappa shape index (κ1) is 21.1. The second kappa shape index (κ2) is 10.2. The Bertz CT molecular complexity index is 699. The van der Waals surface area contributed by atoms with Gasteiger partial charge in [0.25, 0.3) is 0 Å². The smallest absolute Gasteiger partial charge is 0.200 e. The van der Waals surface area contributed by atoms with Gasteiger partial charge in [0.1, 0.15) is 0 Å². The van der Waals surface area contributed by atoms with E-state index < -0.39 is 11.6 Å². The predicted molar refractivity (Wildman–Crippen MR) is 112 cm³/mol. The zero-order valence-electron chi connectivity index (χ0n) is 17.4. The minimum absolute atomic E-state index is 0.00420. The van der Waals surface area contributed by atoms with Crippen molar-refractivity contribution in [1.29, 1.82) is 0 Å². The summed E-state index contributed by atoms with van der Waals surface area (Å²) in [4.78, 5) is 0. The van der Waals surface area contributed by atoms with Crippen molar-refractivity contribution in [2.24, 2.45) is 11.8 Å². The zero-order valence-corrected chi connectivity index (χ0v) is 17.4. The highest BCUT2D eigenvalue weighted by Crippen LogP contribution is 2.39. The van der Waals surface area contributed by atoms with Gasteiger partial charge in [0, 0.05) is 5.92 Å². The third kappa shape index (κ3) is 5.04. The molecule has 0 bridgehead atoms. The average molecular weight is 389 g/mol. The summed E-state index contributed by atoms with van der Waals surface area (Å²) in [6.07, 6.45) is 17.8. The maximum absolute atomic E-state index is 14.5. The van der Waals surface area contributed by atoms with Crippen molar-refractivity contribution in [1.82, 2.24) is 0 Å². The fraction of sp³-hybridized carbons (Fsp3) is 0.600. The third-order valence-corrected chi connectivity index (χ3v) is 6.44. The van der Waals surface area contributed by atoms with E-state index in [1.54, 1.807) is 19.1 Å². The Balaban J connectivity index is 1.56. The van der Waals surface area contributed by atoms with Crippen molar-refractivity contribution in [3.63, 3.8) is 0 Å². The molecule has 1 atom stereocenters. The summed E-state index contributed by atoms with van der Waals surface area (Å²) in [5.41, 5.74) is 1.82. The van der Waals surface area contributed by atoms with E-state index in [-0.39, 0.29) is 11.7 Å². The molecule has 0 aromatic heterocycles. The largest absolute Gasteiger partial charge is 0.491 e. The summed E-state index contributed by atoms with van der Waals surface area (Å²) in [7, 11) is 0. The van der Waals surface area contributed by atoms with Crippen molar-refractivity contribution in [3.05, 3.63) is 53.1 Å². The maximum Gasteiger partial charge on any atom is 0.200 e. The Morgan fingerprint density at radius 2 is 1.79 bits per heavy atom. The van der Waals surface area contributed by atoms with Gasteiger partial charge < -0.3 is 4.74 Å².